The maximum atomic E-state index is 6.06. The van der Waals surface area contributed by atoms with Gasteiger partial charge in [0.25, 0.3) is 0 Å². The Morgan fingerprint density at radius 2 is 2.00 bits per heavy atom. The second-order valence-electron chi connectivity index (χ2n) is 4.63. The lowest BCUT2D eigenvalue weighted by Crippen LogP contribution is -2.28. The van der Waals surface area contributed by atoms with E-state index in [1.54, 1.807) is 0 Å². The van der Waals surface area contributed by atoms with Gasteiger partial charge in [-0.05, 0) is 49.9 Å². The molecule has 0 saturated carbocycles. The third-order valence-electron chi connectivity index (χ3n) is 3.34. The van der Waals surface area contributed by atoms with E-state index in [1.165, 1.54) is 19.3 Å². The standard InChI is InChI=1S/C14H20ClNO/c15-14-4-2-1-3-13(14)11-17-10-7-12-5-8-16-9-6-12/h1-4,12,16H,5-11H2. The summed E-state index contributed by atoms with van der Waals surface area (Å²) in [5, 5.41) is 4.18. The fourth-order valence-corrected chi connectivity index (χ4v) is 2.41. The average Bonchev–Trinajstić information content (AvgIpc) is 2.38. The molecule has 94 valence electrons. The summed E-state index contributed by atoms with van der Waals surface area (Å²) in [7, 11) is 0. The number of piperidine rings is 1. The Bertz CT molecular complexity index is 337. The first-order valence-corrected chi connectivity index (χ1v) is 6.76. The van der Waals surface area contributed by atoms with Crippen LogP contribution in [0.5, 0.6) is 0 Å². The fraction of sp³-hybridized carbons (Fsp3) is 0.571. The van der Waals surface area contributed by atoms with Gasteiger partial charge in [0.2, 0.25) is 0 Å². The predicted molar refractivity (Wildman–Crippen MR) is 71.3 cm³/mol. The smallest absolute Gasteiger partial charge is 0.0731 e. The van der Waals surface area contributed by atoms with E-state index in [0.717, 1.165) is 36.2 Å². The second kappa shape index (κ2) is 7.00. The lowest BCUT2D eigenvalue weighted by Gasteiger charge is -2.22. The predicted octanol–water partition coefficient (Wildman–Crippen LogP) is 3.25. The third-order valence-corrected chi connectivity index (χ3v) is 3.71. The van der Waals surface area contributed by atoms with Gasteiger partial charge in [-0.1, -0.05) is 29.8 Å². The maximum Gasteiger partial charge on any atom is 0.0731 e. The van der Waals surface area contributed by atoms with Crippen LogP contribution in [-0.4, -0.2) is 19.7 Å². The zero-order chi connectivity index (χ0) is 11.9. The highest BCUT2D eigenvalue weighted by molar-refractivity contribution is 6.31. The molecule has 1 aliphatic rings. The van der Waals surface area contributed by atoms with Crippen molar-refractivity contribution in [2.45, 2.75) is 25.9 Å². The summed E-state index contributed by atoms with van der Waals surface area (Å²) in [4.78, 5) is 0. The molecule has 2 rings (SSSR count). The van der Waals surface area contributed by atoms with Crippen LogP contribution in [0.4, 0.5) is 0 Å². The van der Waals surface area contributed by atoms with E-state index >= 15 is 0 Å². The Balaban J connectivity index is 1.64. The van der Waals surface area contributed by atoms with E-state index < -0.39 is 0 Å². The molecule has 0 aromatic heterocycles. The first kappa shape index (κ1) is 12.9. The van der Waals surface area contributed by atoms with Crippen molar-refractivity contribution in [2.75, 3.05) is 19.7 Å². The van der Waals surface area contributed by atoms with Gasteiger partial charge in [-0.3, -0.25) is 0 Å². The van der Waals surface area contributed by atoms with E-state index in [-0.39, 0.29) is 0 Å². The van der Waals surface area contributed by atoms with E-state index in [0.29, 0.717) is 6.61 Å². The monoisotopic (exact) mass is 253 g/mol. The van der Waals surface area contributed by atoms with Crippen LogP contribution < -0.4 is 5.32 Å². The van der Waals surface area contributed by atoms with Gasteiger partial charge in [0.1, 0.15) is 0 Å². The van der Waals surface area contributed by atoms with Gasteiger partial charge in [-0.25, -0.2) is 0 Å². The molecule has 0 amide bonds. The largest absolute Gasteiger partial charge is 0.377 e. The number of benzene rings is 1. The van der Waals surface area contributed by atoms with Crippen LogP contribution >= 0.6 is 11.6 Å². The summed E-state index contributed by atoms with van der Waals surface area (Å²) in [6.45, 7) is 3.80. The van der Waals surface area contributed by atoms with Gasteiger partial charge in [0.15, 0.2) is 0 Å². The van der Waals surface area contributed by atoms with Crippen LogP contribution in [0, 0.1) is 5.92 Å². The molecule has 0 spiro atoms. The zero-order valence-corrected chi connectivity index (χ0v) is 10.9. The molecular formula is C14H20ClNO. The minimum absolute atomic E-state index is 0.630. The van der Waals surface area contributed by atoms with Crippen molar-refractivity contribution >= 4 is 11.6 Å². The van der Waals surface area contributed by atoms with Gasteiger partial charge in [0, 0.05) is 11.6 Å². The van der Waals surface area contributed by atoms with Crippen LogP contribution in [0.25, 0.3) is 0 Å². The molecule has 1 aromatic rings. The quantitative estimate of drug-likeness (QED) is 0.814. The zero-order valence-electron chi connectivity index (χ0n) is 10.1. The van der Waals surface area contributed by atoms with Crippen LogP contribution in [0.15, 0.2) is 24.3 Å². The molecule has 1 fully saturated rings. The minimum Gasteiger partial charge on any atom is -0.377 e. The Morgan fingerprint density at radius 3 is 2.76 bits per heavy atom. The van der Waals surface area contributed by atoms with Crippen molar-refractivity contribution in [1.82, 2.24) is 5.32 Å². The number of ether oxygens (including phenoxy) is 1. The minimum atomic E-state index is 0.630. The Kier molecular flexibility index (Phi) is 5.30. The van der Waals surface area contributed by atoms with Gasteiger partial charge in [-0.2, -0.15) is 0 Å². The van der Waals surface area contributed by atoms with Gasteiger partial charge in [-0.15, -0.1) is 0 Å². The molecule has 1 aliphatic heterocycles. The molecule has 0 bridgehead atoms. The number of halogens is 1. The molecule has 1 N–H and O–H groups in total. The summed E-state index contributed by atoms with van der Waals surface area (Å²) in [5.74, 6) is 0.836. The normalized spacial score (nSPS) is 17.2. The summed E-state index contributed by atoms with van der Waals surface area (Å²) in [6, 6.07) is 7.87. The molecular weight excluding hydrogens is 234 g/mol. The van der Waals surface area contributed by atoms with Crippen molar-refractivity contribution in [3.63, 3.8) is 0 Å². The highest BCUT2D eigenvalue weighted by Crippen LogP contribution is 2.18. The summed E-state index contributed by atoms with van der Waals surface area (Å²) >= 11 is 6.06. The molecule has 17 heavy (non-hydrogen) atoms. The molecule has 0 radical (unpaired) electrons. The summed E-state index contributed by atoms with van der Waals surface area (Å²) in [6.07, 6.45) is 3.75. The fourth-order valence-electron chi connectivity index (χ4n) is 2.22. The van der Waals surface area contributed by atoms with Crippen molar-refractivity contribution in [1.29, 1.82) is 0 Å². The van der Waals surface area contributed by atoms with Crippen molar-refractivity contribution in [2.24, 2.45) is 5.92 Å². The van der Waals surface area contributed by atoms with Gasteiger partial charge < -0.3 is 10.1 Å². The molecule has 0 unspecified atom stereocenters. The van der Waals surface area contributed by atoms with Gasteiger partial charge in [0.05, 0.1) is 6.61 Å². The first-order valence-electron chi connectivity index (χ1n) is 6.38. The first-order chi connectivity index (χ1) is 8.36. The average molecular weight is 254 g/mol. The van der Waals surface area contributed by atoms with E-state index in [9.17, 15) is 0 Å². The van der Waals surface area contributed by atoms with E-state index in [1.807, 2.05) is 24.3 Å². The molecule has 1 saturated heterocycles. The van der Waals surface area contributed by atoms with Crippen LogP contribution in [0.3, 0.4) is 0 Å². The maximum absolute atomic E-state index is 6.06. The van der Waals surface area contributed by atoms with Crippen molar-refractivity contribution in [3.8, 4) is 0 Å². The Morgan fingerprint density at radius 1 is 1.24 bits per heavy atom. The highest BCUT2D eigenvalue weighted by atomic mass is 35.5. The Labute approximate surface area is 108 Å². The van der Waals surface area contributed by atoms with Gasteiger partial charge >= 0.3 is 0 Å². The SMILES string of the molecule is Clc1ccccc1COCCC1CCNCC1. The Hall–Kier alpha value is -0.570. The summed E-state index contributed by atoms with van der Waals surface area (Å²) < 4.78 is 5.70. The highest BCUT2D eigenvalue weighted by Gasteiger charge is 2.12. The molecule has 2 nitrogen and oxygen atoms in total. The number of hydrogen-bond acceptors (Lipinski definition) is 2. The second-order valence-corrected chi connectivity index (χ2v) is 5.03. The molecule has 0 aliphatic carbocycles. The van der Waals surface area contributed by atoms with Crippen molar-refractivity contribution < 1.29 is 4.74 Å². The third kappa shape index (κ3) is 4.30. The number of hydrogen-bond donors (Lipinski definition) is 1. The van der Waals surface area contributed by atoms with E-state index in [4.69, 9.17) is 16.3 Å². The molecule has 3 heteroatoms. The molecule has 1 heterocycles. The van der Waals surface area contributed by atoms with E-state index in [2.05, 4.69) is 5.32 Å². The summed E-state index contributed by atoms with van der Waals surface area (Å²) in [5.41, 5.74) is 1.08. The van der Waals surface area contributed by atoms with Crippen molar-refractivity contribution in [3.05, 3.63) is 34.9 Å². The van der Waals surface area contributed by atoms with Crippen LogP contribution in [0.1, 0.15) is 24.8 Å². The number of rotatable bonds is 5. The lowest BCUT2D eigenvalue weighted by atomic mass is 9.95. The number of nitrogens with one attached hydrogen (secondary N) is 1. The van der Waals surface area contributed by atoms with Crippen LogP contribution in [-0.2, 0) is 11.3 Å². The lowest BCUT2D eigenvalue weighted by molar-refractivity contribution is 0.103. The molecule has 0 atom stereocenters. The van der Waals surface area contributed by atoms with Crippen LogP contribution in [0.2, 0.25) is 5.02 Å². The topological polar surface area (TPSA) is 21.3 Å². The molecule has 1 aromatic carbocycles.